The summed E-state index contributed by atoms with van der Waals surface area (Å²) in [5.74, 6) is 7.11. The average molecular weight is 267 g/mol. The van der Waals surface area contributed by atoms with E-state index in [-0.39, 0.29) is 6.04 Å². The predicted molar refractivity (Wildman–Crippen MR) is 70.4 cm³/mol. The smallest absolute Gasteiger partial charge is 0.131 e. The van der Waals surface area contributed by atoms with Crippen LogP contribution in [0.15, 0.2) is 30.6 Å². The Hall–Kier alpha value is -1.56. The van der Waals surface area contributed by atoms with Crippen molar-refractivity contribution in [1.29, 1.82) is 0 Å². The van der Waals surface area contributed by atoms with Gasteiger partial charge in [-0.05, 0) is 12.1 Å². The number of benzene rings is 1. The van der Waals surface area contributed by atoms with Gasteiger partial charge in [0.15, 0.2) is 0 Å². The van der Waals surface area contributed by atoms with Gasteiger partial charge in [0, 0.05) is 30.0 Å². The normalized spacial score (nSPS) is 12.4. The minimum absolute atomic E-state index is 0.253. The van der Waals surface area contributed by atoms with Crippen molar-refractivity contribution in [2.24, 2.45) is 12.9 Å². The third kappa shape index (κ3) is 2.33. The molecule has 0 saturated carbocycles. The molecular weight excluding hydrogens is 252 g/mol. The molecule has 0 spiro atoms. The number of hydrogen-bond acceptors (Lipinski definition) is 4. The Morgan fingerprint density at radius 3 is 2.83 bits per heavy atom. The summed E-state index contributed by atoms with van der Waals surface area (Å²) in [7, 11) is 3.51. The molecule has 0 bridgehead atoms. The van der Waals surface area contributed by atoms with E-state index in [0.29, 0.717) is 10.8 Å². The van der Waals surface area contributed by atoms with E-state index in [0.717, 1.165) is 11.4 Å². The molecule has 0 saturated heterocycles. The highest BCUT2D eigenvalue weighted by molar-refractivity contribution is 6.30. The summed E-state index contributed by atoms with van der Waals surface area (Å²) in [5, 5.41) is 0.617. The van der Waals surface area contributed by atoms with Gasteiger partial charge < -0.3 is 9.30 Å². The van der Waals surface area contributed by atoms with E-state index in [1.807, 2.05) is 23.9 Å². The molecule has 0 amide bonds. The second kappa shape index (κ2) is 5.39. The second-order valence-corrected chi connectivity index (χ2v) is 4.32. The lowest BCUT2D eigenvalue weighted by Gasteiger charge is -2.19. The Kier molecular flexibility index (Phi) is 3.86. The topological polar surface area (TPSA) is 65.1 Å². The third-order valence-electron chi connectivity index (χ3n) is 2.79. The highest BCUT2D eigenvalue weighted by Gasteiger charge is 2.20. The lowest BCUT2D eigenvalue weighted by Crippen LogP contribution is -2.31. The summed E-state index contributed by atoms with van der Waals surface area (Å²) in [4.78, 5) is 4.29. The number of methoxy groups -OCH3 is 1. The standard InChI is InChI=1S/C12H15ClN4O/c1-17-6-5-15-12(17)11(16-14)9-4-3-8(13)7-10(9)18-2/h3-7,11,16H,14H2,1-2H3. The van der Waals surface area contributed by atoms with Crippen LogP contribution in [-0.2, 0) is 7.05 Å². The summed E-state index contributed by atoms with van der Waals surface area (Å²) in [6, 6.07) is 5.18. The van der Waals surface area contributed by atoms with Crippen LogP contribution < -0.4 is 16.0 Å². The summed E-state index contributed by atoms with van der Waals surface area (Å²) in [6.07, 6.45) is 3.59. The highest BCUT2D eigenvalue weighted by atomic mass is 35.5. The quantitative estimate of drug-likeness (QED) is 0.652. The first-order chi connectivity index (χ1) is 8.67. The third-order valence-corrected chi connectivity index (χ3v) is 3.02. The van der Waals surface area contributed by atoms with Crippen LogP contribution in [0, 0.1) is 0 Å². The van der Waals surface area contributed by atoms with Crippen LogP contribution in [0.3, 0.4) is 0 Å². The van der Waals surface area contributed by atoms with E-state index in [1.165, 1.54) is 0 Å². The number of nitrogens with zero attached hydrogens (tertiary/aromatic N) is 2. The molecule has 1 aromatic heterocycles. The molecule has 0 aliphatic heterocycles. The van der Waals surface area contributed by atoms with Gasteiger partial charge in [0.2, 0.25) is 0 Å². The van der Waals surface area contributed by atoms with Crippen molar-refractivity contribution in [3.63, 3.8) is 0 Å². The van der Waals surface area contributed by atoms with Crippen molar-refractivity contribution < 1.29 is 4.74 Å². The van der Waals surface area contributed by atoms with Crippen LogP contribution >= 0.6 is 11.6 Å². The molecule has 2 rings (SSSR count). The Morgan fingerprint density at radius 1 is 1.50 bits per heavy atom. The van der Waals surface area contributed by atoms with Gasteiger partial charge in [-0.2, -0.15) is 0 Å². The number of nitrogens with two attached hydrogens (primary N) is 1. The molecular formula is C12H15ClN4O. The first-order valence-corrected chi connectivity index (χ1v) is 5.82. The number of aryl methyl sites for hydroxylation is 1. The lowest BCUT2D eigenvalue weighted by molar-refractivity contribution is 0.402. The molecule has 1 atom stereocenters. The van der Waals surface area contributed by atoms with Gasteiger partial charge in [-0.3, -0.25) is 5.84 Å². The van der Waals surface area contributed by atoms with Crippen molar-refractivity contribution >= 4 is 11.6 Å². The van der Waals surface area contributed by atoms with E-state index >= 15 is 0 Å². The zero-order valence-electron chi connectivity index (χ0n) is 10.2. The largest absolute Gasteiger partial charge is 0.496 e. The Labute approximate surface area is 110 Å². The van der Waals surface area contributed by atoms with Gasteiger partial charge in [-0.15, -0.1) is 0 Å². The van der Waals surface area contributed by atoms with Crippen LogP contribution in [0.2, 0.25) is 5.02 Å². The molecule has 6 heteroatoms. The Morgan fingerprint density at radius 2 is 2.28 bits per heavy atom. The summed E-state index contributed by atoms with van der Waals surface area (Å²) < 4.78 is 7.23. The predicted octanol–water partition coefficient (Wildman–Crippen LogP) is 1.63. The van der Waals surface area contributed by atoms with E-state index in [1.54, 1.807) is 25.4 Å². The summed E-state index contributed by atoms with van der Waals surface area (Å²) in [5.41, 5.74) is 3.64. The van der Waals surface area contributed by atoms with Crippen LogP contribution in [0.4, 0.5) is 0 Å². The van der Waals surface area contributed by atoms with Gasteiger partial charge in [-0.1, -0.05) is 17.7 Å². The molecule has 0 aliphatic carbocycles. The number of hydrazine groups is 1. The fourth-order valence-corrected chi connectivity index (χ4v) is 2.04. The Balaban J connectivity index is 2.48. The van der Waals surface area contributed by atoms with E-state index in [4.69, 9.17) is 22.2 Å². The monoisotopic (exact) mass is 266 g/mol. The number of nitrogens with one attached hydrogen (secondary N) is 1. The molecule has 0 radical (unpaired) electrons. The number of ether oxygens (including phenoxy) is 1. The van der Waals surface area contributed by atoms with E-state index in [9.17, 15) is 0 Å². The molecule has 3 N–H and O–H groups in total. The molecule has 0 aliphatic rings. The molecule has 1 aromatic carbocycles. The number of hydrogen-bond donors (Lipinski definition) is 2. The molecule has 18 heavy (non-hydrogen) atoms. The fraction of sp³-hybridized carbons (Fsp3) is 0.250. The van der Waals surface area contributed by atoms with Crippen LogP contribution in [-0.4, -0.2) is 16.7 Å². The number of imidazole rings is 1. The van der Waals surface area contributed by atoms with Gasteiger partial charge >= 0.3 is 0 Å². The first kappa shape index (κ1) is 12.9. The maximum Gasteiger partial charge on any atom is 0.131 e. The van der Waals surface area contributed by atoms with Gasteiger partial charge in [-0.25, -0.2) is 10.4 Å². The fourth-order valence-electron chi connectivity index (χ4n) is 1.88. The first-order valence-electron chi connectivity index (χ1n) is 5.44. The maximum absolute atomic E-state index is 5.95. The van der Waals surface area contributed by atoms with Crippen LogP contribution in [0.5, 0.6) is 5.75 Å². The van der Waals surface area contributed by atoms with E-state index < -0.39 is 0 Å². The van der Waals surface area contributed by atoms with Crippen molar-refractivity contribution in [1.82, 2.24) is 15.0 Å². The molecule has 0 fully saturated rings. The van der Waals surface area contributed by atoms with Gasteiger partial charge in [0.05, 0.1) is 7.11 Å². The number of halogens is 1. The van der Waals surface area contributed by atoms with E-state index in [2.05, 4.69) is 10.4 Å². The Bertz CT molecular complexity index is 541. The molecule has 96 valence electrons. The van der Waals surface area contributed by atoms with Crippen molar-refractivity contribution in [2.75, 3.05) is 7.11 Å². The SMILES string of the molecule is COc1cc(Cl)ccc1C(NN)c1nccn1C. The minimum atomic E-state index is -0.253. The van der Waals surface area contributed by atoms with Gasteiger partial charge in [0.25, 0.3) is 0 Å². The second-order valence-electron chi connectivity index (χ2n) is 3.88. The van der Waals surface area contributed by atoms with Crippen molar-refractivity contribution in [3.05, 3.63) is 47.0 Å². The zero-order valence-corrected chi connectivity index (χ0v) is 11.0. The highest BCUT2D eigenvalue weighted by Crippen LogP contribution is 2.30. The minimum Gasteiger partial charge on any atom is -0.496 e. The van der Waals surface area contributed by atoms with Crippen LogP contribution in [0.1, 0.15) is 17.4 Å². The molecule has 1 unspecified atom stereocenters. The van der Waals surface area contributed by atoms with Crippen LogP contribution in [0.25, 0.3) is 0 Å². The van der Waals surface area contributed by atoms with Crippen molar-refractivity contribution in [2.45, 2.75) is 6.04 Å². The summed E-state index contributed by atoms with van der Waals surface area (Å²) >= 11 is 5.95. The maximum atomic E-state index is 5.95. The molecule has 1 heterocycles. The zero-order chi connectivity index (χ0) is 13.1. The average Bonchev–Trinajstić information content (AvgIpc) is 2.78. The number of rotatable bonds is 4. The van der Waals surface area contributed by atoms with Gasteiger partial charge in [0.1, 0.15) is 17.6 Å². The van der Waals surface area contributed by atoms with Crippen molar-refractivity contribution in [3.8, 4) is 5.75 Å². The lowest BCUT2D eigenvalue weighted by atomic mass is 10.1. The summed E-state index contributed by atoms with van der Waals surface area (Å²) in [6.45, 7) is 0. The molecule has 2 aromatic rings. The number of aromatic nitrogens is 2. The molecule has 5 nitrogen and oxygen atoms in total.